The first-order valence-corrected chi connectivity index (χ1v) is 8.72. The fourth-order valence-corrected chi connectivity index (χ4v) is 2.99. The fraction of sp³-hybridized carbons (Fsp3) is 0.0455. The summed E-state index contributed by atoms with van der Waals surface area (Å²) in [7, 11) is 0. The highest BCUT2D eigenvalue weighted by molar-refractivity contribution is 5.95. The molecule has 0 aliphatic heterocycles. The molecule has 2 amide bonds. The molecule has 0 fully saturated rings. The van der Waals surface area contributed by atoms with E-state index in [2.05, 4.69) is 10.3 Å². The second kappa shape index (κ2) is 7.36. The second-order valence-electron chi connectivity index (χ2n) is 6.30. The van der Waals surface area contributed by atoms with Gasteiger partial charge >= 0.3 is 0 Å². The summed E-state index contributed by atoms with van der Waals surface area (Å²) in [5.41, 5.74) is 7.27. The molecule has 28 heavy (non-hydrogen) atoms. The topological polar surface area (TPSA) is 98.2 Å². The number of hydrogen-bond donors (Lipinski definition) is 2. The van der Waals surface area contributed by atoms with Crippen molar-refractivity contribution < 1.29 is 14.0 Å². The Kier molecular flexibility index (Phi) is 4.60. The highest BCUT2D eigenvalue weighted by Gasteiger charge is 2.22. The number of pyridine rings is 1. The number of nitrogens with two attached hydrogens (primary N) is 1. The largest absolute Gasteiger partial charge is 0.459 e. The number of rotatable bonds is 5. The minimum absolute atomic E-state index is 0.182. The van der Waals surface area contributed by atoms with Crippen molar-refractivity contribution in [1.82, 2.24) is 10.3 Å². The molecule has 6 nitrogen and oxygen atoms in total. The first-order chi connectivity index (χ1) is 13.6. The van der Waals surface area contributed by atoms with Crippen LogP contribution in [0.5, 0.6) is 0 Å². The van der Waals surface area contributed by atoms with Crippen molar-refractivity contribution in [3.8, 4) is 0 Å². The van der Waals surface area contributed by atoms with Gasteiger partial charge in [0.25, 0.3) is 5.91 Å². The van der Waals surface area contributed by atoms with Gasteiger partial charge in [-0.3, -0.25) is 14.6 Å². The molecule has 0 radical (unpaired) electrons. The SMILES string of the molecule is NC(=O)c1ccc(C(=O)N[C@H](c2ccccc2)c2cc3ccccc3o2)nc1. The van der Waals surface area contributed by atoms with E-state index in [1.54, 1.807) is 0 Å². The molecule has 138 valence electrons. The Morgan fingerprint density at radius 3 is 2.39 bits per heavy atom. The van der Waals surface area contributed by atoms with E-state index in [9.17, 15) is 9.59 Å². The summed E-state index contributed by atoms with van der Waals surface area (Å²) in [5.74, 6) is -0.358. The number of fused-ring (bicyclic) bond motifs is 1. The van der Waals surface area contributed by atoms with Gasteiger partial charge in [-0.25, -0.2) is 0 Å². The van der Waals surface area contributed by atoms with E-state index in [0.29, 0.717) is 5.76 Å². The van der Waals surface area contributed by atoms with Crippen molar-refractivity contribution in [2.75, 3.05) is 0 Å². The first-order valence-electron chi connectivity index (χ1n) is 8.72. The molecule has 0 bridgehead atoms. The molecule has 4 aromatic rings. The Balaban J connectivity index is 1.67. The number of para-hydroxylation sites is 1. The summed E-state index contributed by atoms with van der Waals surface area (Å²) in [6.45, 7) is 0. The summed E-state index contributed by atoms with van der Waals surface area (Å²) >= 11 is 0. The zero-order chi connectivity index (χ0) is 19.5. The van der Waals surface area contributed by atoms with Crippen LogP contribution in [0.15, 0.2) is 83.4 Å². The maximum atomic E-state index is 12.8. The van der Waals surface area contributed by atoms with Crippen LogP contribution in [0.1, 0.15) is 38.2 Å². The van der Waals surface area contributed by atoms with Crippen LogP contribution in [-0.4, -0.2) is 16.8 Å². The third-order valence-electron chi connectivity index (χ3n) is 4.42. The Labute approximate surface area is 161 Å². The number of hydrogen-bond acceptors (Lipinski definition) is 4. The van der Waals surface area contributed by atoms with Gasteiger partial charge in [-0.2, -0.15) is 0 Å². The van der Waals surface area contributed by atoms with Crippen LogP contribution in [0, 0.1) is 0 Å². The molecule has 2 heterocycles. The van der Waals surface area contributed by atoms with E-state index in [1.807, 2.05) is 60.7 Å². The van der Waals surface area contributed by atoms with Crippen molar-refractivity contribution in [3.05, 3.63) is 102 Å². The van der Waals surface area contributed by atoms with Crippen LogP contribution >= 0.6 is 0 Å². The number of nitrogens with zero attached hydrogens (tertiary/aromatic N) is 1. The summed E-state index contributed by atoms with van der Waals surface area (Å²) < 4.78 is 5.98. The third kappa shape index (κ3) is 3.48. The molecule has 0 aliphatic carbocycles. The molecule has 0 saturated heterocycles. The number of furan rings is 1. The molecule has 4 rings (SSSR count). The van der Waals surface area contributed by atoms with E-state index >= 15 is 0 Å². The predicted octanol–water partition coefficient (Wildman–Crippen LogP) is 3.45. The lowest BCUT2D eigenvalue weighted by Crippen LogP contribution is -2.29. The molecule has 0 saturated carbocycles. The highest BCUT2D eigenvalue weighted by atomic mass is 16.3. The van der Waals surface area contributed by atoms with Gasteiger partial charge in [0.15, 0.2) is 0 Å². The molecule has 0 spiro atoms. The summed E-state index contributed by atoms with van der Waals surface area (Å²) in [6, 6.07) is 21.6. The Bertz CT molecular complexity index is 1100. The number of primary amides is 1. The third-order valence-corrected chi connectivity index (χ3v) is 4.42. The van der Waals surface area contributed by atoms with Gasteiger partial charge < -0.3 is 15.5 Å². The smallest absolute Gasteiger partial charge is 0.270 e. The number of carbonyl (C=O) groups excluding carboxylic acids is 2. The van der Waals surface area contributed by atoms with Gasteiger partial charge in [-0.15, -0.1) is 0 Å². The summed E-state index contributed by atoms with van der Waals surface area (Å²) in [6.07, 6.45) is 1.29. The van der Waals surface area contributed by atoms with Crippen LogP contribution in [0.3, 0.4) is 0 Å². The van der Waals surface area contributed by atoms with Gasteiger partial charge in [-0.1, -0.05) is 48.5 Å². The van der Waals surface area contributed by atoms with Crippen molar-refractivity contribution in [2.24, 2.45) is 5.73 Å². The quantitative estimate of drug-likeness (QED) is 0.561. The van der Waals surface area contributed by atoms with Gasteiger partial charge in [0.05, 0.1) is 5.56 Å². The average Bonchev–Trinajstić information content (AvgIpc) is 3.16. The molecular weight excluding hydrogens is 354 g/mol. The molecule has 2 aromatic carbocycles. The van der Waals surface area contributed by atoms with Gasteiger partial charge in [-0.05, 0) is 29.8 Å². The molecular formula is C22H17N3O3. The lowest BCUT2D eigenvalue weighted by molar-refractivity contribution is 0.0931. The molecule has 6 heteroatoms. The number of benzene rings is 2. The zero-order valence-electron chi connectivity index (χ0n) is 14.8. The Hall–Kier alpha value is -3.93. The van der Waals surface area contributed by atoms with Gasteiger partial charge in [0.1, 0.15) is 23.1 Å². The van der Waals surface area contributed by atoms with Gasteiger partial charge in [0, 0.05) is 11.6 Å². The predicted molar refractivity (Wildman–Crippen MR) is 105 cm³/mol. The average molecular weight is 371 g/mol. The van der Waals surface area contributed by atoms with Crippen LogP contribution in [-0.2, 0) is 0 Å². The molecule has 0 aliphatic rings. The van der Waals surface area contributed by atoms with Crippen molar-refractivity contribution in [1.29, 1.82) is 0 Å². The second-order valence-corrected chi connectivity index (χ2v) is 6.30. The molecule has 2 aromatic heterocycles. The summed E-state index contributed by atoms with van der Waals surface area (Å²) in [4.78, 5) is 28.0. The van der Waals surface area contributed by atoms with Crippen LogP contribution in [0.2, 0.25) is 0 Å². The molecule has 1 atom stereocenters. The number of nitrogens with one attached hydrogen (secondary N) is 1. The number of carbonyl (C=O) groups is 2. The zero-order valence-corrected chi connectivity index (χ0v) is 14.8. The highest BCUT2D eigenvalue weighted by Crippen LogP contribution is 2.28. The minimum Gasteiger partial charge on any atom is -0.459 e. The van der Waals surface area contributed by atoms with E-state index in [1.165, 1.54) is 18.3 Å². The van der Waals surface area contributed by atoms with Crippen molar-refractivity contribution in [2.45, 2.75) is 6.04 Å². The Morgan fingerprint density at radius 1 is 0.964 bits per heavy atom. The lowest BCUT2D eigenvalue weighted by Gasteiger charge is -2.17. The molecule has 0 unspecified atom stereocenters. The van der Waals surface area contributed by atoms with E-state index in [0.717, 1.165) is 16.5 Å². The summed E-state index contributed by atoms with van der Waals surface area (Å²) in [5, 5.41) is 3.92. The normalized spacial score (nSPS) is 11.9. The van der Waals surface area contributed by atoms with Gasteiger partial charge in [0.2, 0.25) is 5.91 Å². The first kappa shape index (κ1) is 17.5. The van der Waals surface area contributed by atoms with E-state index < -0.39 is 11.9 Å². The fourth-order valence-electron chi connectivity index (χ4n) is 2.99. The Morgan fingerprint density at radius 2 is 1.71 bits per heavy atom. The van der Waals surface area contributed by atoms with E-state index in [-0.39, 0.29) is 17.2 Å². The van der Waals surface area contributed by atoms with E-state index in [4.69, 9.17) is 10.2 Å². The maximum absolute atomic E-state index is 12.8. The maximum Gasteiger partial charge on any atom is 0.270 e. The van der Waals surface area contributed by atoms with Crippen LogP contribution < -0.4 is 11.1 Å². The number of aromatic nitrogens is 1. The number of amides is 2. The van der Waals surface area contributed by atoms with Crippen LogP contribution in [0.25, 0.3) is 11.0 Å². The van der Waals surface area contributed by atoms with Crippen molar-refractivity contribution >= 4 is 22.8 Å². The lowest BCUT2D eigenvalue weighted by atomic mass is 10.0. The van der Waals surface area contributed by atoms with Crippen molar-refractivity contribution in [3.63, 3.8) is 0 Å². The molecule has 3 N–H and O–H groups in total. The monoisotopic (exact) mass is 371 g/mol. The minimum atomic E-state index is -0.594. The standard InChI is InChI=1S/C22H17N3O3/c23-21(26)16-10-11-17(24-13-16)22(27)25-20(14-6-2-1-3-7-14)19-12-15-8-4-5-9-18(15)28-19/h1-13,20H,(H2,23,26)(H,25,27)/t20-/m1/s1. The van der Waals surface area contributed by atoms with Crippen LogP contribution in [0.4, 0.5) is 0 Å².